The maximum atomic E-state index is 12.1. The molecule has 3 aromatic rings. The van der Waals surface area contributed by atoms with Gasteiger partial charge in [0.25, 0.3) is 0 Å². The number of fused-ring (bicyclic) bond motifs is 1. The van der Waals surface area contributed by atoms with E-state index < -0.39 is 0 Å². The number of carbonyl (C=O) groups excluding carboxylic acids is 1. The van der Waals surface area contributed by atoms with Crippen LogP contribution in [0.15, 0.2) is 48.7 Å². The Bertz CT molecular complexity index is 775. The van der Waals surface area contributed by atoms with Gasteiger partial charge in [-0.3, -0.25) is 10.4 Å². The molecule has 0 atom stereocenters. The van der Waals surface area contributed by atoms with Crippen LogP contribution in [0.1, 0.15) is 5.56 Å². The van der Waals surface area contributed by atoms with E-state index in [1.807, 2.05) is 42.5 Å². The third-order valence-corrected chi connectivity index (χ3v) is 3.21. The molecule has 0 aliphatic carbocycles. The fraction of sp³-hybridized carbons (Fsp3) is 0.0667. The van der Waals surface area contributed by atoms with E-state index in [9.17, 15) is 4.79 Å². The Labute approximate surface area is 121 Å². The van der Waals surface area contributed by atoms with Crippen LogP contribution < -0.4 is 16.4 Å². The topological polar surface area (TPSA) is 95.8 Å². The van der Waals surface area contributed by atoms with E-state index in [0.717, 1.165) is 22.0 Å². The van der Waals surface area contributed by atoms with Crippen molar-refractivity contribution < 1.29 is 4.79 Å². The number of hydrogen-bond donors (Lipinski definition) is 4. The Balaban J connectivity index is 1.81. The molecule has 0 fully saturated rings. The van der Waals surface area contributed by atoms with Crippen LogP contribution in [0.25, 0.3) is 10.8 Å². The Morgan fingerprint density at radius 3 is 2.81 bits per heavy atom. The molecule has 0 spiro atoms. The van der Waals surface area contributed by atoms with E-state index in [0.29, 0.717) is 12.4 Å². The number of rotatable bonds is 3. The molecule has 106 valence electrons. The highest BCUT2D eigenvalue weighted by Crippen LogP contribution is 2.23. The SMILES string of the molecule is NCc1cn[nH]c1NC(=O)Nc1cccc2ccccc12. The number of aromatic nitrogens is 2. The van der Waals surface area contributed by atoms with Crippen molar-refractivity contribution in [3.05, 3.63) is 54.2 Å². The third-order valence-electron chi connectivity index (χ3n) is 3.21. The molecule has 21 heavy (non-hydrogen) atoms. The quantitative estimate of drug-likeness (QED) is 0.594. The third kappa shape index (κ3) is 2.70. The van der Waals surface area contributed by atoms with Crippen molar-refractivity contribution in [3.63, 3.8) is 0 Å². The molecule has 3 rings (SSSR count). The maximum absolute atomic E-state index is 12.1. The number of hydrogen-bond acceptors (Lipinski definition) is 3. The molecule has 2 aromatic carbocycles. The second-order valence-electron chi connectivity index (χ2n) is 4.58. The second kappa shape index (κ2) is 5.64. The monoisotopic (exact) mass is 281 g/mol. The molecule has 0 aliphatic heterocycles. The summed E-state index contributed by atoms with van der Waals surface area (Å²) in [5, 5.41) is 14.2. The highest BCUT2D eigenvalue weighted by molar-refractivity contribution is 6.06. The van der Waals surface area contributed by atoms with Gasteiger partial charge in [0.2, 0.25) is 0 Å². The lowest BCUT2D eigenvalue weighted by molar-refractivity contribution is 0.262. The Hall–Kier alpha value is -2.86. The number of carbonyl (C=O) groups is 1. The average Bonchev–Trinajstić information content (AvgIpc) is 2.94. The van der Waals surface area contributed by atoms with Crippen molar-refractivity contribution >= 4 is 28.3 Å². The fourth-order valence-electron chi connectivity index (χ4n) is 2.18. The fourth-order valence-corrected chi connectivity index (χ4v) is 2.18. The molecule has 0 unspecified atom stereocenters. The summed E-state index contributed by atoms with van der Waals surface area (Å²) in [7, 11) is 0. The van der Waals surface area contributed by atoms with E-state index in [1.54, 1.807) is 6.20 Å². The average molecular weight is 281 g/mol. The first-order valence-electron chi connectivity index (χ1n) is 6.56. The van der Waals surface area contributed by atoms with Gasteiger partial charge < -0.3 is 11.1 Å². The second-order valence-corrected chi connectivity index (χ2v) is 4.58. The van der Waals surface area contributed by atoms with Crippen LogP contribution in [-0.4, -0.2) is 16.2 Å². The lowest BCUT2D eigenvalue weighted by Gasteiger charge is -2.09. The summed E-state index contributed by atoms with van der Waals surface area (Å²) in [5.74, 6) is 0.509. The Kier molecular flexibility index (Phi) is 3.53. The first-order chi connectivity index (χ1) is 10.3. The summed E-state index contributed by atoms with van der Waals surface area (Å²) in [4.78, 5) is 12.1. The van der Waals surface area contributed by atoms with Gasteiger partial charge in [-0.25, -0.2) is 4.79 Å². The van der Waals surface area contributed by atoms with E-state index >= 15 is 0 Å². The standard InChI is InChI=1S/C15H15N5O/c16-8-11-9-17-20-14(11)19-15(21)18-13-7-3-5-10-4-1-2-6-12(10)13/h1-7,9H,8,16H2,(H3,17,18,19,20,21). The zero-order chi connectivity index (χ0) is 14.7. The molecule has 1 aromatic heterocycles. The number of nitrogens with one attached hydrogen (secondary N) is 3. The van der Waals surface area contributed by atoms with Gasteiger partial charge in [-0.1, -0.05) is 36.4 Å². The number of anilines is 2. The zero-order valence-corrected chi connectivity index (χ0v) is 11.3. The molecule has 0 saturated carbocycles. The largest absolute Gasteiger partial charge is 0.326 e. The first kappa shape index (κ1) is 13.1. The van der Waals surface area contributed by atoms with Crippen molar-refractivity contribution in [3.8, 4) is 0 Å². The van der Waals surface area contributed by atoms with Crippen LogP contribution in [0.3, 0.4) is 0 Å². The summed E-state index contributed by atoms with van der Waals surface area (Å²) in [6.07, 6.45) is 1.59. The van der Waals surface area contributed by atoms with Crippen LogP contribution in [0.5, 0.6) is 0 Å². The smallest absolute Gasteiger partial charge is 0.324 e. The van der Waals surface area contributed by atoms with Crippen LogP contribution in [-0.2, 0) is 6.54 Å². The van der Waals surface area contributed by atoms with Crippen LogP contribution in [0.2, 0.25) is 0 Å². The van der Waals surface area contributed by atoms with E-state index in [2.05, 4.69) is 20.8 Å². The summed E-state index contributed by atoms with van der Waals surface area (Å²) in [5.41, 5.74) is 7.07. The van der Waals surface area contributed by atoms with Crippen molar-refractivity contribution in [2.24, 2.45) is 5.73 Å². The lowest BCUT2D eigenvalue weighted by Crippen LogP contribution is -2.20. The first-order valence-corrected chi connectivity index (χ1v) is 6.56. The molecule has 0 aliphatic rings. The molecule has 6 heteroatoms. The lowest BCUT2D eigenvalue weighted by atomic mass is 10.1. The predicted molar refractivity (Wildman–Crippen MR) is 83.1 cm³/mol. The summed E-state index contributed by atoms with van der Waals surface area (Å²) in [6.45, 7) is 0.306. The van der Waals surface area contributed by atoms with Gasteiger partial charge in [0, 0.05) is 17.5 Å². The van der Waals surface area contributed by atoms with E-state index in [-0.39, 0.29) is 6.03 Å². The predicted octanol–water partition coefficient (Wildman–Crippen LogP) is 2.67. The summed E-state index contributed by atoms with van der Waals surface area (Å²) < 4.78 is 0. The Morgan fingerprint density at radius 2 is 1.95 bits per heavy atom. The zero-order valence-electron chi connectivity index (χ0n) is 11.3. The number of benzene rings is 2. The summed E-state index contributed by atoms with van der Waals surface area (Å²) >= 11 is 0. The van der Waals surface area contributed by atoms with E-state index in [4.69, 9.17) is 5.73 Å². The highest BCUT2D eigenvalue weighted by Gasteiger charge is 2.09. The Morgan fingerprint density at radius 1 is 1.14 bits per heavy atom. The van der Waals surface area contributed by atoms with Gasteiger partial charge in [0.05, 0.1) is 11.9 Å². The van der Waals surface area contributed by atoms with Crippen LogP contribution in [0, 0.1) is 0 Å². The molecule has 1 heterocycles. The molecule has 5 N–H and O–H groups in total. The minimum atomic E-state index is -0.342. The molecular formula is C15H15N5O. The summed E-state index contributed by atoms with van der Waals surface area (Å²) in [6, 6.07) is 13.3. The minimum Gasteiger partial charge on any atom is -0.326 e. The molecule has 6 nitrogen and oxygen atoms in total. The van der Waals surface area contributed by atoms with Gasteiger partial charge in [0.15, 0.2) is 0 Å². The number of nitrogens with two attached hydrogens (primary N) is 1. The minimum absolute atomic E-state index is 0.306. The normalized spacial score (nSPS) is 10.5. The van der Waals surface area contributed by atoms with Crippen LogP contribution in [0.4, 0.5) is 16.3 Å². The molecule has 0 radical (unpaired) electrons. The van der Waals surface area contributed by atoms with Gasteiger partial charge in [0.1, 0.15) is 5.82 Å². The highest BCUT2D eigenvalue weighted by atomic mass is 16.2. The van der Waals surface area contributed by atoms with Gasteiger partial charge in [-0.05, 0) is 11.5 Å². The maximum Gasteiger partial charge on any atom is 0.324 e. The van der Waals surface area contributed by atoms with Crippen molar-refractivity contribution in [1.29, 1.82) is 0 Å². The number of aromatic amines is 1. The van der Waals surface area contributed by atoms with Crippen LogP contribution >= 0.6 is 0 Å². The van der Waals surface area contributed by atoms with E-state index in [1.165, 1.54) is 0 Å². The number of nitrogens with zero attached hydrogens (tertiary/aromatic N) is 1. The molecular weight excluding hydrogens is 266 g/mol. The number of urea groups is 1. The van der Waals surface area contributed by atoms with Crippen molar-refractivity contribution in [2.75, 3.05) is 10.6 Å². The van der Waals surface area contributed by atoms with Gasteiger partial charge in [-0.15, -0.1) is 0 Å². The molecule has 2 amide bonds. The number of H-pyrrole nitrogens is 1. The molecule has 0 saturated heterocycles. The number of amides is 2. The van der Waals surface area contributed by atoms with Crippen molar-refractivity contribution in [2.45, 2.75) is 6.54 Å². The van der Waals surface area contributed by atoms with Gasteiger partial charge >= 0.3 is 6.03 Å². The van der Waals surface area contributed by atoms with Gasteiger partial charge in [-0.2, -0.15) is 5.10 Å². The molecule has 0 bridgehead atoms. The van der Waals surface area contributed by atoms with Crippen molar-refractivity contribution in [1.82, 2.24) is 10.2 Å².